The Morgan fingerprint density at radius 2 is 1.78 bits per heavy atom. The van der Waals surface area contributed by atoms with Crippen molar-refractivity contribution in [1.29, 1.82) is 0 Å². The smallest absolute Gasteiger partial charge is 0.243 e. The van der Waals surface area contributed by atoms with Crippen LogP contribution in [-0.4, -0.2) is 61.3 Å². The molecule has 27 heavy (non-hydrogen) atoms. The number of piperazine rings is 1. The Bertz CT molecular complexity index is 841. The number of benzene rings is 1. The Kier molecular flexibility index (Phi) is 5.91. The van der Waals surface area contributed by atoms with Gasteiger partial charge < -0.3 is 4.90 Å². The van der Waals surface area contributed by atoms with Crippen LogP contribution in [0, 0.1) is 6.92 Å². The van der Waals surface area contributed by atoms with Gasteiger partial charge in [0.15, 0.2) is 0 Å². The molecule has 1 aromatic rings. The van der Waals surface area contributed by atoms with Gasteiger partial charge in [0.05, 0.1) is 4.90 Å². The highest BCUT2D eigenvalue weighted by atomic mass is 32.2. The summed E-state index contributed by atoms with van der Waals surface area (Å²) in [5.74, 6) is -0.113. The molecular weight excluding hydrogens is 368 g/mol. The number of carbonyl (C=O) groups excluding carboxylic acids is 2. The van der Waals surface area contributed by atoms with Crippen LogP contribution in [0.2, 0.25) is 0 Å². The Labute approximate surface area is 159 Å². The van der Waals surface area contributed by atoms with Crippen LogP contribution >= 0.6 is 0 Å². The second-order valence-electron chi connectivity index (χ2n) is 6.81. The zero-order valence-corrected chi connectivity index (χ0v) is 16.2. The molecule has 1 N–H and O–H groups in total. The predicted octanol–water partition coefficient (Wildman–Crippen LogP) is 0.874. The minimum absolute atomic E-state index is 0.0121. The third kappa shape index (κ3) is 4.72. The normalized spacial score (nSPS) is 18.8. The standard InChI is InChI=1S/C18H24N4O4S/c1-14-2-6-16(7-3-14)27(25,26)22-12-10-21(11-13-22)18(24)9-5-15-4-8-17(23)20-19-15/h2-3,6-7H,4-5,8-13H2,1H3,(H,20,23). The SMILES string of the molecule is Cc1ccc(S(=O)(=O)N2CCN(C(=O)CCC3=NNC(=O)CC3)CC2)cc1. The van der Waals surface area contributed by atoms with Crippen LogP contribution in [0.15, 0.2) is 34.3 Å². The van der Waals surface area contributed by atoms with Crippen LogP contribution in [0.4, 0.5) is 0 Å². The van der Waals surface area contributed by atoms with Gasteiger partial charge in [0, 0.05) is 44.7 Å². The number of hydrogen-bond donors (Lipinski definition) is 1. The molecule has 2 aliphatic heterocycles. The Balaban J connectivity index is 1.51. The number of carbonyl (C=O) groups is 2. The first-order chi connectivity index (χ1) is 12.9. The predicted molar refractivity (Wildman–Crippen MR) is 101 cm³/mol. The van der Waals surface area contributed by atoms with Gasteiger partial charge >= 0.3 is 0 Å². The van der Waals surface area contributed by atoms with Crippen LogP contribution in [-0.2, 0) is 19.6 Å². The topological polar surface area (TPSA) is 99.2 Å². The minimum Gasteiger partial charge on any atom is -0.340 e. The highest BCUT2D eigenvalue weighted by Gasteiger charge is 2.30. The molecule has 146 valence electrons. The number of nitrogens with zero attached hydrogens (tertiary/aromatic N) is 3. The van der Waals surface area contributed by atoms with Crippen molar-refractivity contribution in [2.75, 3.05) is 26.2 Å². The van der Waals surface area contributed by atoms with E-state index in [2.05, 4.69) is 10.5 Å². The summed E-state index contributed by atoms with van der Waals surface area (Å²) in [5.41, 5.74) is 4.26. The lowest BCUT2D eigenvalue weighted by atomic mass is 10.1. The van der Waals surface area contributed by atoms with Crippen LogP contribution < -0.4 is 5.43 Å². The summed E-state index contributed by atoms with van der Waals surface area (Å²) < 4.78 is 26.8. The third-order valence-corrected chi connectivity index (χ3v) is 6.77. The van der Waals surface area contributed by atoms with Crippen molar-refractivity contribution < 1.29 is 18.0 Å². The average Bonchev–Trinajstić information content (AvgIpc) is 2.68. The molecule has 2 heterocycles. The molecule has 0 atom stereocenters. The summed E-state index contributed by atoms with van der Waals surface area (Å²) in [5, 5.41) is 3.97. The van der Waals surface area contributed by atoms with E-state index in [1.165, 1.54) is 4.31 Å². The van der Waals surface area contributed by atoms with E-state index in [1.807, 2.05) is 6.92 Å². The van der Waals surface area contributed by atoms with Gasteiger partial charge in [0.25, 0.3) is 0 Å². The van der Waals surface area contributed by atoms with Crippen molar-refractivity contribution in [3.05, 3.63) is 29.8 Å². The molecule has 0 spiro atoms. The summed E-state index contributed by atoms with van der Waals surface area (Å²) in [6, 6.07) is 6.80. The minimum atomic E-state index is -3.53. The molecular formula is C18H24N4O4S. The van der Waals surface area contributed by atoms with Crippen molar-refractivity contribution in [1.82, 2.24) is 14.6 Å². The highest BCUT2D eigenvalue weighted by Crippen LogP contribution is 2.18. The maximum atomic E-state index is 12.7. The van der Waals surface area contributed by atoms with Gasteiger partial charge in [-0.3, -0.25) is 9.59 Å². The molecule has 0 radical (unpaired) electrons. The monoisotopic (exact) mass is 392 g/mol. The Hall–Kier alpha value is -2.26. The number of hydrogen-bond acceptors (Lipinski definition) is 5. The Morgan fingerprint density at radius 1 is 1.11 bits per heavy atom. The zero-order valence-electron chi connectivity index (χ0n) is 15.3. The Morgan fingerprint density at radius 3 is 2.37 bits per heavy atom. The number of hydrazone groups is 1. The van der Waals surface area contributed by atoms with Gasteiger partial charge in [-0.2, -0.15) is 9.41 Å². The van der Waals surface area contributed by atoms with Crippen molar-refractivity contribution in [2.24, 2.45) is 5.10 Å². The van der Waals surface area contributed by atoms with Gasteiger partial charge in [-0.15, -0.1) is 0 Å². The maximum Gasteiger partial charge on any atom is 0.243 e. The zero-order chi connectivity index (χ0) is 19.4. The van der Waals surface area contributed by atoms with Crippen LogP contribution in [0.5, 0.6) is 0 Å². The molecule has 1 fully saturated rings. The third-order valence-electron chi connectivity index (χ3n) is 4.86. The van der Waals surface area contributed by atoms with Crippen molar-refractivity contribution in [2.45, 2.75) is 37.5 Å². The number of rotatable bonds is 5. The maximum absolute atomic E-state index is 12.7. The molecule has 2 aliphatic rings. The highest BCUT2D eigenvalue weighted by molar-refractivity contribution is 7.89. The molecule has 0 aliphatic carbocycles. The van der Waals surface area contributed by atoms with Gasteiger partial charge in [-0.05, 0) is 31.9 Å². The van der Waals surface area contributed by atoms with Crippen molar-refractivity contribution >= 4 is 27.5 Å². The van der Waals surface area contributed by atoms with E-state index in [0.29, 0.717) is 51.9 Å². The van der Waals surface area contributed by atoms with Gasteiger partial charge in [-0.25, -0.2) is 13.8 Å². The van der Waals surface area contributed by atoms with Crippen molar-refractivity contribution in [3.8, 4) is 0 Å². The van der Waals surface area contributed by atoms with Crippen molar-refractivity contribution in [3.63, 3.8) is 0 Å². The molecule has 0 saturated carbocycles. The van der Waals surface area contributed by atoms with Gasteiger partial charge in [-0.1, -0.05) is 17.7 Å². The summed E-state index contributed by atoms with van der Waals surface area (Å²) in [4.78, 5) is 25.4. The first-order valence-corrected chi connectivity index (χ1v) is 10.5. The summed E-state index contributed by atoms with van der Waals surface area (Å²) in [6.45, 7) is 3.26. The van der Waals surface area contributed by atoms with E-state index >= 15 is 0 Å². The van der Waals surface area contributed by atoms with Crippen LogP contribution in [0.25, 0.3) is 0 Å². The lowest BCUT2D eigenvalue weighted by molar-refractivity contribution is -0.132. The second kappa shape index (κ2) is 8.18. The van der Waals surface area contributed by atoms with E-state index in [1.54, 1.807) is 29.2 Å². The largest absolute Gasteiger partial charge is 0.340 e. The molecule has 1 saturated heterocycles. The first kappa shape index (κ1) is 19.5. The van der Waals surface area contributed by atoms with E-state index in [0.717, 1.165) is 11.3 Å². The second-order valence-corrected chi connectivity index (χ2v) is 8.75. The molecule has 9 heteroatoms. The summed E-state index contributed by atoms with van der Waals surface area (Å²) in [6.07, 6.45) is 1.82. The van der Waals surface area contributed by atoms with E-state index in [9.17, 15) is 18.0 Å². The van der Waals surface area contributed by atoms with Gasteiger partial charge in [0.1, 0.15) is 0 Å². The number of nitrogens with one attached hydrogen (secondary N) is 1. The molecule has 0 unspecified atom stereocenters. The lowest BCUT2D eigenvalue weighted by Crippen LogP contribution is -2.50. The molecule has 3 rings (SSSR count). The fourth-order valence-corrected chi connectivity index (χ4v) is 4.56. The van der Waals surface area contributed by atoms with E-state index < -0.39 is 10.0 Å². The molecule has 2 amide bonds. The average molecular weight is 392 g/mol. The number of amides is 2. The number of sulfonamides is 1. The fraction of sp³-hybridized carbons (Fsp3) is 0.500. The van der Waals surface area contributed by atoms with E-state index in [4.69, 9.17) is 0 Å². The lowest BCUT2D eigenvalue weighted by Gasteiger charge is -2.34. The fourth-order valence-electron chi connectivity index (χ4n) is 3.14. The van der Waals surface area contributed by atoms with E-state index in [-0.39, 0.29) is 16.7 Å². The molecule has 1 aromatic carbocycles. The summed E-state index contributed by atoms with van der Waals surface area (Å²) >= 11 is 0. The quantitative estimate of drug-likeness (QED) is 0.804. The molecule has 0 bridgehead atoms. The van der Waals surface area contributed by atoms with Crippen LogP contribution in [0.3, 0.4) is 0 Å². The van der Waals surface area contributed by atoms with Gasteiger partial charge in [0.2, 0.25) is 21.8 Å². The summed E-state index contributed by atoms with van der Waals surface area (Å²) in [7, 11) is -3.53. The molecule has 0 aromatic heterocycles. The number of aryl methyl sites for hydroxylation is 1. The van der Waals surface area contributed by atoms with Crippen LogP contribution in [0.1, 0.15) is 31.2 Å². The molecule has 8 nitrogen and oxygen atoms in total. The first-order valence-electron chi connectivity index (χ1n) is 9.05.